The molecule has 0 saturated heterocycles. The molecule has 0 aliphatic rings. The highest BCUT2D eigenvalue weighted by Gasteiger charge is 2.16. The first-order valence-electron chi connectivity index (χ1n) is 5.99. The molecule has 6 heteroatoms. The monoisotopic (exact) mass is 270 g/mol. The van der Waals surface area contributed by atoms with Gasteiger partial charge in [-0.1, -0.05) is 20.3 Å². The molecule has 1 rings (SSSR count). The van der Waals surface area contributed by atoms with Crippen LogP contribution in [-0.4, -0.2) is 30.0 Å². The Morgan fingerprint density at radius 3 is 2.83 bits per heavy atom. The number of aromatic nitrogens is 1. The normalized spacial score (nSPS) is 11.9. The van der Waals surface area contributed by atoms with Gasteiger partial charge in [-0.2, -0.15) is 0 Å². The summed E-state index contributed by atoms with van der Waals surface area (Å²) in [4.78, 5) is 27.1. The number of carbonyl (C=O) groups excluding carboxylic acids is 2. The summed E-state index contributed by atoms with van der Waals surface area (Å²) >= 11 is 1.12. The maximum Gasteiger partial charge on any atom is 0.367 e. The van der Waals surface area contributed by atoms with Crippen molar-refractivity contribution >= 4 is 23.2 Å². The lowest BCUT2D eigenvalue weighted by atomic mass is 10.1. The first-order chi connectivity index (χ1) is 8.58. The molecule has 1 unspecified atom stereocenters. The Bertz CT molecular complexity index is 417. The maximum absolute atomic E-state index is 11.7. The van der Waals surface area contributed by atoms with Gasteiger partial charge in [0.2, 0.25) is 5.01 Å². The number of amides is 1. The second kappa shape index (κ2) is 7.10. The van der Waals surface area contributed by atoms with E-state index in [1.54, 1.807) is 12.3 Å². The van der Waals surface area contributed by atoms with Gasteiger partial charge in [0.05, 0.1) is 6.61 Å². The van der Waals surface area contributed by atoms with E-state index in [9.17, 15) is 9.59 Å². The molecular weight excluding hydrogens is 252 g/mol. The minimum absolute atomic E-state index is 0.213. The standard InChI is InChI=1S/C12H18N2O3S/c1-4-8(3)6-13-10(15)9-7-18-11(14-9)12(16)17-5-2/h7-8H,4-6H2,1-3H3,(H,13,15). The summed E-state index contributed by atoms with van der Waals surface area (Å²) in [6.45, 7) is 6.77. The Morgan fingerprint density at radius 2 is 2.22 bits per heavy atom. The number of nitrogens with zero attached hydrogens (tertiary/aromatic N) is 1. The lowest BCUT2D eigenvalue weighted by Gasteiger charge is -2.08. The molecule has 1 aromatic rings. The van der Waals surface area contributed by atoms with Gasteiger partial charge in [-0.3, -0.25) is 4.79 Å². The summed E-state index contributed by atoms with van der Waals surface area (Å²) in [5.74, 6) is -0.303. The van der Waals surface area contributed by atoms with E-state index >= 15 is 0 Å². The number of carbonyl (C=O) groups is 2. The average Bonchev–Trinajstić information content (AvgIpc) is 2.85. The first-order valence-corrected chi connectivity index (χ1v) is 6.87. The van der Waals surface area contributed by atoms with Crippen molar-refractivity contribution in [2.75, 3.05) is 13.2 Å². The quantitative estimate of drug-likeness (QED) is 0.804. The molecule has 0 aliphatic carbocycles. The number of hydrogen-bond donors (Lipinski definition) is 1. The third-order valence-electron chi connectivity index (χ3n) is 2.49. The van der Waals surface area contributed by atoms with E-state index in [1.807, 2.05) is 0 Å². The van der Waals surface area contributed by atoms with Gasteiger partial charge in [0.25, 0.3) is 5.91 Å². The molecule has 0 aromatic carbocycles. The fraction of sp³-hybridized carbons (Fsp3) is 0.583. The van der Waals surface area contributed by atoms with Crippen LogP contribution in [0.25, 0.3) is 0 Å². The summed E-state index contributed by atoms with van der Waals surface area (Å²) in [6.07, 6.45) is 1.01. The smallest absolute Gasteiger partial charge is 0.367 e. The van der Waals surface area contributed by atoms with Crippen LogP contribution in [0.15, 0.2) is 5.38 Å². The van der Waals surface area contributed by atoms with Crippen LogP contribution in [0, 0.1) is 5.92 Å². The number of rotatable bonds is 6. The molecular formula is C12H18N2O3S. The van der Waals surface area contributed by atoms with Crippen LogP contribution < -0.4 is 5.32 Å². The van der Waals surface area contributed by atoms with Crippen LogP contribution in [-0.2, 0) is 4.74 Å². The van der Waals surface area contributed by atoms with Crippen molar-refractivity contribution < 1.29 is 14.3 Å². The SMILES string of the molecule is CCOC(=O)c1nc(C(=O)NCC(C)CC)cs1. The minimum atomic E-state index is -0.483. The van der Waals surface area contributed by atoms with Crippen molar-refractivity contribution in [3.05, 3.63) is 16.1 Å². The average molecular weight is 270 g/mol. The molecule has 18 heavy (non-hydrogen) atoms. The number of nitrogens with one attached hydrogen (secondary N) is 1. The predicted octanol–water partition coefficient (Wildman–Crippen LogP) is 2.10. The summed E-state index contributed by atoms with van der Waals surface area (Å²) in [7, 11) is 0. The second-order valence-corrected chi connectivity index (χ2v) is 4.84. The van der Waals surface area contributed by atoms with Gasteiger partial charge in [0.1, 0.15) is 5.69 Å². The van der Waals surface area contributed by atoms with Crippen LogP contribution in [0.3, 0.4) is 0 Å². The predicted molar refractivity (Wildman–Crippen MR) is 69.9 cm³/mol. The Morgan fingerprint density at radius 1 is 1.50 bits per heavy atom. The van der Waals surface area contributed by atoms with Gasteiger partial charge in [-0.05, 0) is 12.8 Å². The summed E-state index contributed by atoms with van der Waals surface area (Å²) in [6, 6.07) is 0. The Balaban J connectivity index is 2.57. The Labute approximate surface area is 111 Å². The van der Waals surface area contributed by atoms with E-state index in [-0.39, 0.29) is 16.6 Å². The molecule has 1 N–H and O–H groups in total. The Hall–Kier alpha value is -1.43. The molecule has 1 amide bonds. The van der Waals surface area contributed by atoms with E-state index in [4.69, 9.17) is 4.74 Å². The van der Waals surface area contributed by atoms with Crippen molar-refractivity contribution in [3.63, 3.8) is 0 Å². The lowest BCUT2D eigenvalue weighted by molar-refractivity contribution is 0.0526. The van der Waals surface area contributed by atoms with E-state index < -0.39 is 5.97 Å². The van der Waals surface area contributed by atoms with Gasteiger partial charge in [-0.25, -0.2) is 9.78 Å². The Kier molecular flexibility index (Phi) is 5.77. The molecule has 100 valence electrons. The van der Waals surface area contributed by atoms with Gasteiger partial charge in [0, 0.05) is 11.9 Å². The van der Waals surface area contributed by atoms with Crippen molar-refractivity contribution in [2.24, 2.45) is 5.92 Å². The highest BCUT2D eigenvalue weighted by Crippen LogP contribution is 2.11. The van der Waals surface area contributed by atoms with Crippen molar-refractivity contribution in [1.29, 1.82) is 0 Å². The van der Waals surface area contributed by atoms with Gasteiger partial charge >= 0.3 is 5.97 Å². The molecule has 1 atom stereocenters. The summed E-state index contributed by atoms with van der Waals surface area (Å²) < 4.78 is 4.81. The zero-order valence-corrected chi connectivity index (χ0v) is 11.7. The van der Waals surface area contributed by atoms with Crippen molar-refractivity contribution in [2.45, 2.75) is 27.2 Å². The topological polar surface area (TPSA) is 68.3 Å². The number of ether oxygens (including phenoxy) is 1. The minimum Gasteiger partial charge on any atom is -0.461 e. The highest BCUT2D eigenvalue weighted by atomic mass is 32.1. The third kappa shape index (κ3) is 4.10. The number of hydrogen-bond acceptors (Lipinski definition) is 5. The van der Waals surface area contributed by atoms with Gasteiger partial charge in [-0.15, -0.1) is 11.3 Å². The van der Waals surface area contributed by atoms with Crippen LogP contribution in [0.4, 0.5) is 0 Å². The maximum atomic E-state index is 11.7. The van der Waals surface area contributed by atoms with Crippen LogP contribution >= 0.6 is 11.3 Å². The van der Waals surface area contributed by atoms with Crippen molar-refractivity contribution in [3.8, 4) is 0 Å². The van der Waals surface area contributed by atoms with E-state index in [1.165, 1.54) is 0 Å². The second-order valence-electron chi connectivity index (χ2n) is 3.98. The van der Waals surface area contributed by atoms with Crippen LogP contribution in [0.5, 0.6) is 0 Å². The van der Waals surface area contributed by atoms with Crippen LogP contribution in [0.1, 0.15) is 47.5 Å². The zero-order valence-electron chi connectivity index (χ0n) is 10.9. The zero-order chi connectivity index (χ0) is 13.5. The molecule has 0 radical (unpaired) electrons. The lowest BCUT2D eigenvalue weighted by Crippen LogP contribution is -2.28. The molecule has 0 aliphatic heterocycles. The van der Waals surface area contributed by atoms with Gasteiger partial charge in [0.15, 0.2) is 0 Å². The van der Waals surface area contributed by atoms with Crippen LogP contribution in [0.2, 0.25) is 0 Å². The molecule has 0 bridgehead atoms. The molecule has 0 saturated carbocycles. The van der Waals surface area contributed by atoms with E-state index in [2.05, 4.69) is 24.1 Å². The largest absolute Gasteiger partial charge is 0.461 e. The third-order valence-corrected chi connectivity index (χ3v) is 3.32. The summed E-state index contributed by atoms with van der Waals surface area (Å²) in [5, 5.41) is 4.57. The fourth-order valence-electron chi connectivity index (χ4n) is 1.17. The number of thiazole rings is 1. The highest BCUT2D eigenvalue weighted by molar-refractivity contribution is 7.11. The molecule has 1 aromatic heterocycles. The fourth-order valence-corrected chi connectivity index (χ4v) is 1.86. The number of esters is 1. The van der Waals surface area contributed by atoms with E-state index in [0.29, 0.717) is 19.1 Å². The molecule has 1 heterocycles. The molecule has 0 spiro atoms. The molecule has 5 nitrogen and oxygen atoms in total. The first kappa shape index (κ1) is 14.6. The molecule has 0 fully saturated rings. The summed E-state index contributed by atoms with van der Waals surface area (Å²) in [5.41, 5.74) is 0.270. The van der Waals surface area contributed by atoms with E-state index in [0.717, 1.165) is 17.8 Å². The van der Waals surface area contributed by atoms with Crippen molar-refractivity contribution in [1.82, 2.24) is 10.3 Å². The van der Waals surface area contributed by atoms with Gasteiger partial charge < -0.3 is 10.1 Å².